The molecule has 3 aromatic rings. The summed E-state index contributed by atoms with van der Waals surface area (Å²) in [6.07, 6.45) is 1.32. The van der Waals surface area contributed by atoms with Gasteiger partial charge >= 0.3 is 0 Å². The summed E-state index contributed by atoms with van der Waals surface area (Å²) in [5.74, 6) is 0.359. The van der Waals surface area contributed by atoms with Gasteiger partial charge in [-0.3, -0.25) is 4.79 Å². The van der Waals surface area contributed by atoms with Crippen LogP contribution in [0.1, 0.15) is 35.9 Å². The third kappa shape index (κ3) is 3.43. The molecule has 0 bridgehead atoms. The maximum atomic E-state index is 13.4. The molecule has 0 spiro atoms. The Kier molecular flexibility index (Phi) is 4.61. The SMILES string of the molecule is O=C1C[C@@H](c2ccccc2)CC2=C1[C@H](c1cccc(Cl)c1)Nc1ccccc1N2. The normalized spacial score (nSPS) is 20.8. The zero-order valence-electron chi connectivity index (χ0n) is 15.9. The number of halogens is 1. The fourth-order valence-corrected chi connectivity index (χ4v) is 4.59. The number of carbonyl (C=O) groups excluding carboxylic acids is 1. The van der Waals surface area contributed by atoms with Gasteiger partial charge in [-0.05, 0) is 47.7 Å². The number of rotatable bonds is 2. The number of hydrogen-bond acceptors (Lipinski definition) is 3. The van der Waals surface area contributed by atoms with E-state index < -0.39 is 0 Å². The van der Waals surface area contributed by atoms with Crippen molar-refractivity contribution in [3.63, 3.8) is 0 Å². The fraction of sp³-hybridized carbons (Fsp3) is 0.160. The first-order chi connectivity index (χ1) is 14.2. The Bertz CT molecular complexity index is 1110. The van der Waals surface area contributed by atoms with Gasteiger partial charge in [-0.15, -0.1) is 0 Å². The maximum absolute atomic E-state index is 13.4. The topological polar surface area (TPSA) is 41.1 Å². The molecule has 0 saturated carbocycles. The number of ketones is 1. The van der Waals surface area contributed by atoms with E-state index >= 15 is 0 Å². The van der Waals surface area contributed by atoms with E-state index in [-0.39, 0.29) is 17.7 Å². The molecule has 3 nitrogen and oxygen atoms in total. The predicted octanol–water partition coefficient (Wildman–Crippen LogP) is 6.32. The monoisotopic (exact) mass is 400 g/mol. The molecule has 5 rings (SSSR count). The Morgan fingerprint density at radius 3 is 2.31 bits per heavy atom. The number of Topliss-reactive ketones (excluding diaryl/α,β-unsaturated/α-hetero) is 1. The van der Waals surface area contributed by atoms with Crippen LogP contribution in [0.15, 0.2) is 90.1 Å². The highest BCUT2D eigenvalue weighted by molar-refractivity contribution is 6.30. The Labute approximate surface area is 175 Å². The van der Waals surface area contributed by atoms with Crippen molar-refractivity contribution in [1.29, 1.82) is 0 Å². The third-order valence-corrected chi connectivity index (χ3v) is 6.00. The zero-order valence-corrected chi connectivity index (χ0v) is 16.6. The van der Waals surface area contributed by atoms with E-state index in [1.165, 1.54) is 5.56 Å². The van der Waals surface area contributed by atoms with Crippen molar-refractivity contribution < 1.29 is 4.79 Å². The molecule has 0 saturated heterocycles. The summed E-state index contributed by atoms with van der Waals surface area (Å²) < 4.78 is 0. The second kappa shape index (κ2) is 7.41. The molecule has 1 heterocycles. The molecule has 0 unspecified atom stereocenters. The van der Waals surface area contributed by atoms with Crippen LogP contribution in [-0.4, -0.2) is 5.78 Å². The Balaban J connectivity index is 1.63. The molecule has 0 radical (unpaired) electrons. The Hall–Kier alpha value is -3.04. The molecule has 2 N–H and O–H groups in total. The van der Waals surface area contributed by atoms with Crippen molar-refractivity contribution in [2.75, 3.05) is 10.6 Å². The number of hydrogen-bond donors (Lipinski definition) is 2. The highest BCUT2D eigenvalue weighted by Gasteiger charge is 2.35. The molecular formula is C25H21ClN2O. The smallest absolute Gasteiger partial charge is 0.163 e. The van der Waals surface area contributed by atoms with Crippen molar-refractivity contribution in [3.8, 4) is 0 Å². The van der Waals surface area contributed by atoms with Gasteiger partial charge in [-0.2, -0.15) is 0 Å². The summed E-state index contributed by atoms with van der Waals surface area (Å²) >= 11 is 6.28. The molecule has 0 fully saturated rings. The van der Waals surface area contributed by atoms with Crippen molar-refractivity contribution >= 4 is 28.8 Å². The number of anilines is 2. The second-order valence-electron chi connectivity index (χ2n) is 7.63. The summed E-state index contributed by atoms with van der Waals surface area (Å²) in [4.78, 5) is 13.4. The molecule has 3 aromatic carbocycles. The largest absolute Gasteiger partial charge is 0.372 e. The summed E-state index contributed by atoms with van der Waals surface area (Å²) in [5, 5.41) is 7.83. The predicted molar refractivity (Wildman–Crippen MR) is 118 cm³/mol. The van der Waals surface area contributed by atoms with Gasteiger partial charge in [-0.1, -0.05) is 66.2 Å². The molecule has 2 atom stereocenters. The molecule has 1 aliphatic carbocycles. The minimum absolute atomic E-state index is 0.179. The van der Waals surface area contributed by atoms with Crippen LogP contribution in [-0.2, 0) is 4.79 Å². The highest BCUT2D eigenvalue weighted by atomic mass is 35.5. The maximum Gasteiger partial charge on any atom is 0.163 e. The lowest BCUT2D eigenvalue weighted by atomic mass is 9.78. The first-order valence-corrected chi connectivity index (χ1v) is 10.3. The fourth-order valence-electron chi connectivity index (χ4n) is 4.39. The van der Waals surface area contributed by atoms with Gasteiger partial charge < -0.3 is 10.6 Å². The first-order valence-electron chi connectivity index (χ1n) is 9.88. The molecule has 0 aromatic heterocycles. The van der Waals surface area contributed by atoms with E-state index in [2.05, 4.69) is 22.8 Å². The molecule has 2 aliphatic rings. The van der Waals surface area contributed by atoms with Crippen LogP contribution in [0.4, 0.5) is 11.4 Å². The summed E-state index contributed by atoms with van der Waals surface area (Å²) in [7, 11) is 0. The van der Waals surface area contributed by atoms with Crippen molar-refractivity contribution in [3.05, 3.63) is 106 Å². The zero-order chi connectivity index (χ0) is 19.8. The van der Waals surface area contributed by atoms with E-state index in [1.807, 2.05) is 66.7 Å². The molecule has 4 heteroatoms. The number of nitrogens with one attached hydrogen (secondary N) is 2. The van der Waals surface area contributed by atoms with Crippen molar-refractivity contribution in [2.24, 2.45) is 0 Å². The van der Waals surface area contributed by atoms with E-state index in [4.69, 9.17) is 11.6 Å². The van der Waals surface area contributed by atoms with E-state index in [1.54, 1.807) is 0 Å². The summed E-state index contributed by atoms with van der Waals surface area (Å²) in [6.45, 7) is 0. The van der Waals surface area contributed by atoms with Gasteiger partial charge in [0.15, 0.2) is 5.78 Å². The second-order valence-corrected chi connectivity index (χ2v) is 8.07. The van der Waals surface area contributed by atoms with E-state index in [0.29, 0.717) is 11.4 Å². The van der Waals surface area contributed by atoms with Crippen molar-refractivity contribution in [1.82, 2.24) is 0 Å². The molecule has 29 heavy (non-hydrogen) atoms. The number of allylic oxidation sites excluding steroid dienone is 1. The van der Waals surface area contributed by atoms with Gasteiger partial charge in [0.05, 0.1) is 17.4 Å². The van der Waals surface area contributed by atoms with Crippen LogP contribution >= 0.6 is 11.6 Å². The van der Waals surface area contributed by atoms with Gasteiger partial charge in [-0.25, -0.2) is 0 Å². The van der Waals surface area contributed by atoms with Crippen LogP contribution < -0.4 is 10.6 Å². The van der Waals surface area contributed by atoms with E-state index in [0.717, 1.165) is 34.6 Å². The quantitative estimate of drug-likeness (QED) is 0.528. The Morgan fingerprint density at radius 2 is 1.52 bits per heavy atom. The molecule has 1 aliphatic heterocycles. The average molecular weight is 401 g/mol. The van der Waals surface area contributed by atoms with Gasteiger partial charge in [0.2, 0.25) is 0 Å². The number of fused-ring (bicyclic) bond motifs is 1. The lowest BCUT2D eigenvalue weighted by Crippen LogP contribution is -2.26. The number of carbonyl (C=O) groups is 1. The standard InChI is InChI=1S/C25H21ClN2O/c26-19-10-6-9-17(13-19)25-24-22(27-20-11-4-5-12-21(20)28-25)14-18(15-23(24)29)16-7-2-1-3-8-16/h1-13,18,25,27-28H,14-15H2/t18-,25-/m0/s1. The lowest BCUT2D eigenvalue weighted by Gasteiger charge is -2.30. The summed E-state index contributed by atoms with van der Waals surface area (Å²) in [5.41, 5.74) is 5.99. The number of para-hydroxylation sites is 2. The number of benzene rings is 3. The first kappa shape index (κ1) is 18.0. The molecule has 0 amide bonds. The molecule has 144 valence electrons. The van der Waals surface area contributed by atoms with Gasteiger partial charge in [0.25, 0.3) is 0 Å². The van der Waals surface area contributed by atoms with Crippen LogP contribution in [0, 0.1) is 0 Å². The van der Waals surface area contributed by atoms with Crippen LogP contribution in [0.2, 0.25) is 5.02 Å². The van der Waals surface area contributed by atoms with Crippen molar-refractivity contribution in [2.45, 2.75) is 24.8 Å². The lowest BCUT2D eigenvalue weighted by molar-refractivity contribution is -0.116. The minimum atomic E-state index is -0.232. The van der Waals surface area contributed by atoms with E-state index in [9.17, 15) is 4.79 Å². The van der Waals surface area contributed by atoms with Crippen LogP contribution in [0.5, 0.6) is 0 Å². The third-order valence-electron chi connectivity index (χ3n) is 5.76. The van der Waals surface area contributed by atoms with Crippen LogP contribution in [0.25, 0.3) is 0 Å². The van der Waals surface area contributed by atoms with Gasteiger partial charge in [0.1, 0.15) is 0 Å². The minimum Gasteiger partial charge on any atom is -0.372 e. The Morgan fingerprint density at radius 1 is 0.793 bits per heavy atom. The van der Waals surface area contributed by atoms with Gasteiger partial charge in [0, 0.05) is 22.7 Å². The van der Waals surface area contributed by atoms with Crippen LogP contribution in [0.3, 0.4) is 0 Å². The highest BCUT2D eigenvalue weighted by Crippen LogP contribution is 2.44. The summed E-state index contributed by atoms with van der Waals surface area (Å²) in [6, 6.07) is 25.9. The molecular weight excluding hydrogens is 380 g/mol. The average Bonchev–Trinajstić information content (AvgIpc) is 2.91.